The fraction of sp³-hybridized carbons (Fsp3) is 0.429. The lowest BCUT2D eigenvalue weighted by Crippen LogP contribution is -2.15. The van der Waals surface area contributed by atoms with Crippen LogP contribution in [0.15, 0.2) is 58.3 Å². The van der Waals surface area contributed by atoms with Gasteiger partial charge in [0.15, 0.2) is 0 Å². The van der Waals surface area contributed by atoms with Crippen LogP contribution in [0, 0.1) is 25.7 Å². The highest BCUT2D eigenvalue weighted by atomic mass is 32.2. The summed E-state index contributed by atoms with van der Waals surface area (Å²) in [6, 6.07) is 13.1. The Morgan fingerprint density at radius 2 is 1.03 bits per heavy atom. The molecule has 2 unspecified atom stereocenters. The first-order valence-corrected chi connectivity index (χ1v) is 12.4. The summed E-state index contributed by atoms with van der Waals surface area (Å²) in [5, 5.41) is 0. The first-order chi connectivity index (χ1) is 13.7. The van der Waals surface area contributed by atoms with E-state index in [1.165, 1.54) is 24.3 Å². The SMILES string of the molecule is Cc1ccc(S(=O)(=O)OCC2CCC(COS(=O)(=O)c3ccc(C)cc3)C2)cc1. The normalized spacial score (nSPS) is 20.1. The van der Waals surface area contributed by atoms with Gasteiger partial charge in [0, 0.05) is 0 Å². The van der Waals surface area contributed by atoms with Gasteiger partial charge in [0.25, 0.3) is 20.2 Å². The molecule has 8 heteroatoms. The largest absolute Gasteiger partial charge is 0.296 e. The third kappa shape index (κ3) is 5.88. The van der Waals surface area contributed by atoms with E-state index in [-0.39, 0.29) is 34.8 Å². The van der Waals surface area contributed by atoms with Crippen LogP contribution in [-0.4, -0.2) is 30.0 Å². The second-order valence-electron chi connectivity index (χ2n) is 7.65. The van der Waals surface area contributed by atoms with Crippen LogP contribution in [0.3, 0.4) is 0 Å². The zero-order chi connectivity index (χ0) is 21.1. The Kier molecular flexibility index (Phi) is 6.78. The minimum Gasteiger partial charge on any atom is -0.266 e. The van der Waals surface area contributed by atoms with E-state index in [2.05, 4.69) is 0 Å². The molecule has 1 aliphatic rings. The quantitative estimate of drug-likeness (QED) is 0.582. The van der Waals surface area contributed by atoms with E-state index in [0.717, 1.165) is 24.0 Å². The molecule has 0 amide bonds. The van der Waals surface area contributed by atoms with Crippen molar-refractivity contribution in [3.63, 3.8) is 0 Å². The summed E-state index contributed by atoms with van der Waals surface area (Å²) in [4.78, 5) is 0.287. The average Bonchev–Trinajstić information content (AvgIpc) is 3.14. The van der Waals surface area contributed by atoms with Crippen LogP contribution in [0.1, 0.15) is 30.4 Å². The van der Waals surface area contributed by atoms with Crippen LogP contribution in [0.2, 0.25) is 0 Å². The van der Waals surface area contributed by atoms with Gasteiger partial charge in [-0.3, -0.25) is 8.37 Å². The van der Waals surface area contributed by atoms with Crippen molar-refractivity contribution >= 4 is 20.2 Å². The Morgan fingerprint density at radius 3 is 1.38 bits per heavy atom. The molecule has 0 heterocycles. The van der Waals surface area contributed by atoms with Crippen molar-refractivity contribution < 1.29 is 25.2 Å². The lowest BCUT2D eigenvalue weighted by Gasteiger charge is -2.13. The maximum atomic E-state index is 12.3. The maximum absolute atomic E-state index is 12.3. The molecule has 2 aromatic carbocycles. The van der Waals surface area contributed by atoms with Gasteiger partial charge in [-0.25, -0.2) is 0 Å². The minimum absolute atomic E-state index is 0.0610. The van der Waals surface area contributed by atoms with Gasteiger partial charge >= 0.3 is 0 Å². The molecule has 2 atom stereocenters. The molecule has 1 aliphatic carbocycles. The molecule has 0 radical (unpaired) electrons. The van der Waals surface area contributed by atoms with E-state index >= 15 is 0 Å². The van der Waals surface area contributed by atoms with Crippen molar-refractivity contribution in [1.82, 2.24) is 0 Å². The molecule has 0 aliphatic heterocycles. The van der Waals surface area contributed by atoms with E-state index < -0.39 is 20.2 Å². The fourth-order valence-electron chi connectivity index (χ4n) is 3.40. The maximum Gasteiger partial charge on any atom is 0.296 e. The summed E-state index contributed by atoms with van der Waals surface area (Å²) in [5.41, 5.74) is 1.95. The van der Waals surface area contributed by atoms with Crippen molar-refractivity contribution in [2.24, 2.45) is 11.8 Å². The van der Waals surface area contributed by atoms with E-state index in [1.807, 2.05) is 13.8 Å². The molecular weight excluding hydrogens is 412 g/mol. The zero-order valence-electron chi connectivity index (χ0n) is 16.6. The summed E-state index contributed by atoms with van der Waals surface area (Å²) < 4.78 is 59.6. The van der Waals surface area contributed by atoms with Crippen LogP contribution in [0.4, 0.5) is 0 Å². The van der Waals surface area contributed by atoms with E-state index in [1.54, 1.807) is 24.3 Å². The van der Waals surface area contributed by atoms with Crippen molar-refractivity contribution in [3.05, 3.63) is 59.7 Å². The minimum atomic E-state index is -3.78. The van der Waals surface area contributed by atoms with Gasteiger partial charge in [-0.05, 0) is 69.2 Å². The molecule has 1 saturated carbocycles. The van der Waals surface area contributed by atoms with Gasteiger partial charge in [-0.2, -0.15) is 16.8 Å². The molecule has 158 valence electrons. The Hall–Kier alpha value is -1.74. The van der Waals surface area contributed by atoms with Gasteiger partial charge in [-0.15, -0.1) is 0 Å². The molecule has 0 saturated heterocycles. The van der Waals surface area contributed by atoms with Crippen molar-refractivity contribution in [2.75, 3.05) is 13.2 Å². The van der Waals surface area contributed by atoms with E-state index in [0.29, 0.717) is 6.42 Å². The molecule has 1 fully saturated rings. The molecular formula is C21H26O6S2. The molecule has 0 N–H and O–H groups in total. The van der Waals surface area contributed by atoms with Crippen LogP contribution >= 0.6 is 0 Å². The second-order valence-corrected chi connectivity index (χ2v) is 10.9. The van der Waals surface area contributed by atoms with Gasteiger partial charge in [0.05, 0.1) is 23.0 Å². The Morgan fingerprint density at radius 1 is 0.690 bits per heavy atom. The predicted octanol–water partition coefficient (Wildman–Crippen LogP) is 3.83. The lowest BCUT2D eigenvalue weighted by molar-refractivity contribution is 0.230. The summed E-state index contributed by atoms with van der Waals surface area (Å²) in [6.07, 6.45) is 2.23. The molecule has 0 bridgehead atoms. The Labute approximate surface area is 173 Å². The molecule has 0 spiro atoms. The van der Waals surface area contributed by atoms with Gasteiger partial charge in [0.2, 0.25) is 0 Å². The molecule has 3 rings (SSSR count). The standard InChI is InChI=1S/C21H26O6S2/c1-16-3-9-20(10-4-16)28(22,23)26-14-18-7-8-19(13-18)15-27-29(24,25)21-11-5-17(2)6-12-21/h3-6,9-12,18-19H,7-8,13-15H2,1-2H3. The van der Waals surface area contributed by atoms with E-state index in [9.17, 15) is 16.8 Å². The van der Waals surface area contributed by atoms with Gasteiger partial charge in [0.1, 0.15) is 0 Å². The van der Waals surface area contributed by atoms with Crippen molar-refractivity contribution in [2.45, 2.75) is 42.9 Å². The second kappa shape index (κ2) is 8.95. The molecule has 6 nitrogen and oxygen atoms in total. The first-order valence-electron chi connectivity index (χ1n) is 9.58. The molecule has 29 heavy (non-hydrogen) atoms. The van der Waals surface area contributed by atoms with Gasteiger partial charge in [-0.1, -0.05) is 35.4 Å². The fourth-order valence-corrected chi connectivity index (χ4v) is 5.35. The monoisotopic (exact) mass is 438 g/mol. The van der Waals surface area contributed by atoms with Crippen molar-refractivity contribution in [1.29, 1.82) is 0 Å². The van der Waals surface area contributed by atoms with Crippen LogP contribution < -0.4 is 0 Å². The smallest absolute Gasteiger partial charge is 0.266 e. The van der Waals surface area contributed by atoms with Crippen LogP contribution in [-0.2, 0) is 28.6 Å². The van der Waals surface area contributed by atoms with Crippen LogP contribution in [0.5, 0.6) is 0 Å². The summed E-state index contributed by atoms with van der Waals surface area (Å²) in [7, 11) is -7.57. The molecule has 0 aromatic heterocycles. The number of hydrogen-bond donors (Lipinski definition) is 0. The third-order valence-corrected chi connectivity index (χ3v) is 7.78. The number of hydrogen-bond acceptors (Lipinski definition) is 6. The molecule has 2 aromatic rings. The Bertz CT molecular complexity index is 940. The highest BCUT2D eigenvalue weighted by molar-refractivity contribution is 7.87. The number of benzene rings is 2. The van der Waals surface area contributed by atoms with E-state index in [4.69, 9.17) is 8.37 Å². The highest BCUT2D eigenvalue weighted by Gasteiger charge is 2.29. The summed E-state index contributed by atoms with van der Waals surface area (Å²) in [6.45, 7) is 3.96. The van der Waals surface area contributed by atoms with Crippen molar-refractivity contribution in [3.8, 4) is 0 Å². The Balaban J connectivity index is 1.49. The zero-order valence-corrected chi connectivity index (χ0v) is 18.2. The number of rotatable bonds is 8. The average molecular weight is 439 g/mol. The van der Waals surface area contributed by atoms with Crippen LogP contribution in [0.25, 0.3) is 0 Å². The summed E-state index contributed by atoms with van der Waals surface area (Å²) >= 11 is 0. The first kappa shape index (κ1) is 22.0. The van der Waals surface area contributed by atoms with Gasteiger partial charge < -0.3 is 0 Å². The summed E-state index contributed by atoms with van der Waals surface area (Å²) in [5.74, 6) is 0.122. The number of aryl methyl sites for hydroxylation is 2. The lowest BCUT2D eigenvalue weighted by atomic mass is 10.1. The highest BCUT2D eigenvalue weighted by Crippen LogP contribution is 2.32. The topological polar surface area (TPSA) is 86.7 Å². The predicted molar refractivity (Wildman–Crippen MR) is 109 cm³/mol. The third-order valence-electron chi connectivity index (χ3n) is 5.19.